The third-order valence-electron chi connectivity index (χ3n) is 5.89. The van der Waals surface area contributed by atoms with Gasteiger partial charge in [-0.3, -0.25) is 0 Å². The highest BCUT2D eigenvalue weighted by atomic mass is 79.9. The third kappa shape index (κ3) is 4.65. The molecule has 0 saturated carbocycles. The maximum Gasteiger partial charge on any atom is 0.407 e. The van der Waals surface area contributed by atoms with E-state index in [2.05, 4.69) is 48.9 Å². The molecule has 4 rings (SSSR count). The minimum Gasteiger partial charge on any atom is -0.465 e. The lowest BCUT2D eigenvalue weighted by Crippen LogP contribution is -2.55. The van der Waals surface area contributed by atoms with Crippen molar-refractivity contribution < 1.29 is 14.6 Å². The molecule has 0 bridgehead atoms. The largest absolute Gasteiger partial charge is 0.465 e. The number of likely N-dealkylation sites (tertiary alicyclic amines) is 1. The van der Waals surface area contributed by atoms with Crippen molar-refractivity contribution in [3.05, 3.63) is 16.7 Å². The number of anilines is 1. The maximum absolute atomic E-state index is 11.6. The summed E-state index contributed by atoms with van der Waals surface area (Å²) in [5.41, 5.74) is 1.26. The second-order valence-electron chi connectivity index (χ2n) is 7.88. The van der Waals surface area contributed by atoms with Gasteiger partial charge in [-0.2, -0.15) is 15.2 Å². The van der Waals surface area contributed by atoms with Crippen molar-refractivity contribution in [1.29, 1.82) is 5.26 Å². The van der Waals surface area contributed by atoms with Gasteiger partial charge in [0.15, 0.2) is 5.82 Å². The second-order valence-corrected chi connectivity index (χ2v) is 8.79. The molecule has 11 heteroatoms. The normalized spacial score (nSPS) is 22.0. The molecule has 0 radical (unpaired) electrons. The van der Waals surface area contributed by atoms with Gasteiger partial charge in [-0.25, -0.2) is 9.78 Å². The van der Waals surface area contributed by atoms with Gasteiger partial charge >= 0.3 is 12.1 Å². The lowest BCUT2D eigenvalue weighted by atomic mass is 10.1. The van der Waals surface area contributed by atoms with Gasteiger partial charge in [-0.15, -0.1) is 0 Å². The van der Waals surface area contributed by atoms with Crippen molar-refractivity contribution in [2.75, 3.05) is 44.7 Å². The molecule has 10 nitrogen and oxygen atoms in total. The summed E-state index contributed by atoms with van der Waals surface area (Å²) in [4.78, 5) is 30.8. The average molecular weight is 490 g/mol. The number of halogens is 1. The van der Waals surface area contributed by atoms with Crippen molar-refractivity contribution in [2.24, 2.45) is 0 Å². The fraction of sp³-hybridized carbons (Fsp3) is 0.550. The van der Waals surface area contributed by atoms with Crippen LogP contribution in [-0.4, -0.2) is 87.9 Å². The van der Waals surface area contributed by atoms with Gasteiger partial charge in [0.05, 0.1) is 24.0 Å². The fourth-order valence-corrected chi connectivity index (χ4v) is 4.50. The van der Waals surface area contributed by atoms with Gasteiger partial charge in [0.1, 0.15) is 12.1 Å². The molecule has 2 aliphatic heterocycles. The minimum atomic E-state index is -1.01. The summed E-state index contributed by atoms with van der Waals surface area (Å²) in [7, 11) is 2.09. The van der Waals surface area contributed by atoms with E-state index in [-0.39, 0.29) is 19.0 Å². The molecule has 2 aromatic heterocycles. The van der Waals surface area contributed by atoms with Crippen LogP contribution in [0.1, 0.15) is 19.3 Å². The highest BCUT2D eigenvalue weighted by molar-refractivity contribution is 9.10. The van der Waals surface area contributed by atoms with Crippen molar-refractivity contribution in [1.82, 2.24) is 24.8 Å². The summed E-state index contributed by atoms with van der Waals surface area (Å²) in [6.07, 6.45) is 3.02. The minimum absolute atomic E-state index is 0.113. The summed E-state index contributed by atoms with van der Waals surface area (Å²) < 4.78 is 6.78. The molecule has 2 aliphatic rings. The number of hydrogen-bond acceptors (Lipinski definition) is 8. The molecule has 2 fully saturated rings. The first-order valence-corrected chi connectivity index (χ1v) is 11.0. The van der Waals surface area contributed by atoms with E-state index in [1.165, 1.54) is 4.90 Å². The monoisotopic (exact) mass is 489 g/mol. The van der Waals surface area contributed by atoms with Gasteiger partial charge in [-0.1, -0.05) is 0 Å². The number of hydrogen-bond donors (Lipinski definition) is 1. The van der Waals surface area contributed by atoms with E-state index < -0.39 is 12.1 Å². The molecule has 0 spiro atoms. The Morgan fingerprint density at radius 2 is 2.19 bits per heavy atom. The number of carboxylic acid groups (broad SMARTS) is 1. The Morgan fingerprint density at radius 3 is 2.90 bits per heavy atom. The molecule has 164 valence electrons. The summed E-state index contributed by atoms with van der Waals surface area (Å²) in [5.74, 6) is 0.597. The molecule has 2 saturated heterocycles. The first-order chi connectivity index (χ1) is 15.0. The van der Waals surface area contributed by atoms with Gasteiger partial charge in [0, 0.05) is 36.3 Å². The van der Waals surface area contributed by atoms with Gasteiger partial charge in [0.2, 0.25) is 0 Å². The van der Waals surface area contributed by atoms with Crippen LogP contribution >= 0.6 is 15.9 Å². The molecule has 2 aromatic rings. The molecule has 4 heterocycles. The van der Waals surface area contributed by atoms with E-state index >= 15 is 0 Å². The number of amides is 1. The van der Waals surface area contributed by atoms with Gasteiger partial charge in [-0.05, 0) is 48.4 Å². The number of nitriles is 1. The van der Waals surface area contributed by atoms with Crippen molar-refractivity contribution >= 4 is 38.9 Å². The van der Waals surface area contributed by atoms with Gasteiger partial charge < -0.3 is 24.5 Å². The van der Waals surface area contributed by atoms with Crippen LogP contribution in [0.2, 0.25) is 0 Å². The summed E-state index contributed by atoms with van der Waals surface area (Å²) >= 11 is 3.44. The Bertz CT molecular complexity index is 1010. The van der Waals surface area contributed by atoms with E-state index in [1.807, 2.05) is 11.0 Å². The zero-order valence-corrected chi connectivity index (χ0v) is 18.8. The first-order valence-electron chi connectivity index (χ1n) is 10.2. The Morgan fingerprint density at radius 1 is 1.35 bits per heavy atom. The summed E-state index contributed by atoms with van der Waals surface area (Å²) in [5, 5.41) is 18.6. The van der Waals surface area contributed by atoms with Crippen LogP contribution in [0.5, 0.6) is 6.01 Å². The molecule has 2 atom stereocenters. The smallest absolute Gasteiger partial charge is 0.407 e. The van der Waals surface area contributed by atoms with Crippen LogP contribution in [0.15, 0.2) is 16.7 Å². The van der Waals surface area contributed by atoms with E-state index in [1.54, 1.807) is 6.20 Å². The predicted octanol–water partition coefficient (Wildman–Crippen LogP) is 2.34. The number of nitrogens with zero attached hydrogens (tertiary/aromatic N) is 7. The molecule has 0 aliphatic carbocycles. The first kappa shape index (κ1) is 21.5. The van der Waals surface area contributed by atoms with Crippen LogP contribution in [0.25, 0.3) is 11.0 Å². The molecule has 0 unspecified atom stereocenters. The van der Waals surface area contributed by atoms with Crippen LogP contribution in [0, 0.1) is 11.3 Å². The average Bonchev–Trinajstić information content (AvgIpc) is 3.16. The molecule has 1 N–H and O–H groups in total. The zero-order valence-electron chi connectivity index (χ0n) is 17.2. The Hall–Kier alpha value is -2.71. The van der Waals surface area contributed by atoms with E-state index in [4.69, 9.17) is 10.00 Å². The standard InChI is InChI=1S/C20H24BrN7O3/c1-26-6-2-3-15(26)12-31-19-24-16-9-13(21)10-23-17(16)18(25-19)27-7-8-28(20(29)30)14(11-27)4-5-22/h9-10,14-15H,2-4,6-8,11-12H2,1H3,(H,29,30)/t14-,15-/m0/s1. The number of ether oxygens (including phenoxy) is 1. The van der Waals surface area contributed by atoms with Crippen LogP contribution in [0.4, 0.5) is 10.6 Å². The number of rotatable bonds is 5. The van der Waals surface area contributed by atoms with E-state index in [0.717, 1.165) is 23.9 Å². The predicted molar refractivity (Wildman–Crippen MR) is 117 cm³/mol. The lowest BCUT2D eigenvalue weighted by molar-refractivity contribution is 0.119. The molecular weight excluding hydrogens is 466 g/mol. The molecular formula is C20H24BrN7O3. The number of aromatic nitrogens is 3. The van der Waals surface area contributed by atoms with Crippen molar-refractivity contribution in [3.8, 4) is 12.1 Å². The summed E-state index contributed by atoms with van der Waals surface area (Å²) in [6, 6.07) is 4.13. The van der Waals surface area contributed by atoms with Crippen LogP contribution < -0.4 is 9.64 Å². The van der Waals surface area contributed by atoms with Crippen LogP contribution in [-0.2, 0) is 0 Å². The molecule has 31 heavy (non-hydrogen) atoms. The Kier molecular flexibility index (Phi) is 6.38. The fourth-order valence-electron chi connectivity index (χ4n) is 4.18. The number of likely N-dealkylation sites (N-methyl/N-ethyl adjacent to an activating group) is 1. The number of carbonyl (C=O) groups is 1. The second kappa shape index (κ2) is 9.20. The number of piperazine rings is 1. The van der Waals surface area contributed by atoms with Crippen LogP contribution in [0.3, 0.4) is 0 Å². The van der Waals surface area contributed by atoms with E-state index in [0.29, 0.717) is 42.6 Å². The summed E-state index contributed by atoms with van der Waals surface area (Å²) in [6.45, 7) is 2.65. The Labute approximate surface area is 188 Å². The van der Waals surface area contributed by atoms with Crippen molar-refractivity contribution in [2.45, 2.75) is 31.3 Å². The van der Waals surface area contributed by atoms with E-state index in [9.17, 15) is 9.90 Å². The maximum atomic E-state index is 11.6. The highest BCUT2D eigenvalue weighted by Crippen LogP contribution is 2.29. The van der Waals surface area contributed by atoms with Crippen molar-refractivity contribution in [3.63, 3.8) is 0 Å². The Balaban J connectivity index is 1.64. The number of pyridine rings is 1. The third-order valence-corrected chi connectivity index (χ3v) is 6.33. The lowest BCUT2D eigenvalue weighted by Gasteiger charge is -2.39. The SMILES string of the molecule is CN1CCC[C@H]1COc1nc(N2CCN(C(=O)O)[C@@H](CC#N)C2)c2ncc(Br)cc2n1. The van der Waals surface area contributed by atoms with Gasteiger partial charge in [0.25, 0.3) is 0 Å². The number of fused-ring (bicyclic) bond motifs is 1. The molecule has 0 aromatic carbocycles. The highest BCUT2D eigenvalue weighted by Gasteiger charge is 2.32. The quantitative estimate of drug-likeness (QED) is 0.674. The molecule has 1 amide bonds. The topological polar surface area (TPSA) is 119 Å². The zero-order chi connectivity index (χ0) is 22.0.